The minimum absolute atomic E-state index is 0.0728. The van der Waals surface area contributed by atoms with E-state index in [0.717, 1.165) is 45.9 Å². The Hall–Kier alpha value is -0.850. The second kappa shape index (κ2) is 5.16. The first-order valence-corrected chi connectivity index (χ1v) is 7.59. The number of nitrogens with zero attached hydrogens (tertiary/aromatic N) is 3. The normalized spacial score (nSPS) is 30.2. The molecule has 3 aliphatic rings. The number of likely N-dealkylation sites (N-methyl/N-ethyl adjacent to an activating group) is 1. The first kappa shape index (κ1) is 14.1. The van der Waals surface area contributed by atoms with Crippen LogP contribution in [0, 0.1) is 0 Å². The van der Waals surface area contributed by atoms with Crippen molar-refractivity contribution in [3.63, 3.8) is 0 Å². The van der Waals surface area contributed by atoms with Crippen LogP contribution < -0.4 is 5.32 Å². The molecule has 3 fully saturated rings. The lowest BCUT2D eigenvalue weighted by Gasteiger charge is -2.62. The third-order valence-corrected chi connectivity index (χ3v) is 4.59. The molecule has 0 radical (unpaired) electrons. The highest BCUT2D eigenvalue weighted by molar-refractivity contribution is 5.76. The standard InChI is InChI=1S/C14H26N4O2/c1-11(2)15-13(19)17-9-14(10-17)8-16(3)6-12-7-20-5-4-18(12)14/h11-12H,4-10H2,1-3H3,(H,15,19). The number of ether oxygens (including phenoxy) is 1. The number of carbonyl (C=O) groups is 1. The van der Waals surface area contributed by atoms with Crippen LogP contribution in [0.2, 0.25) is 0 Å². The number of fused-ring (bicyclic) bond motifs is 2. The van der Waals surface area contributed by atoms with Gasteiger partial charge in [0.15, 0.2) is 0 Å². The van der Waals surface area contributed by atoms with Gasteiger partial charge in [0, 0.05) is 44.8 Å². The molecular formula is C14H26N4O2. The zero-order valence-corrected chi connectivity index (χ0v) is 12.8. The van der Waals surface area contributed by atoms with E-state index in [2.05, 4.69) is 22.2 Å². The van der Waals surface area contributed by atoms with Crippen LogP contribution in [0.15, 0.2) is 0 Å². The molecule has 0 bridgehead atoms. The summed E-state index contributed by atoms with van der Waals surface area (Å²) in [7, 11) is 2.17. The van der Waals surface area contributed by atoms with Gasteiger partial charge in [0.25, 0.3) is 0 Å². The van der Waals surface area contributed by atoms with Crippen LogP contribution in [0.3, 0.4) is 0 Å². The van der Waals surface area contributed by atoms with E-state index >= 15 is 0 Å². The van der Waals surface area contributed by atoms with Crippen molar-refractivity contribution in [2.75, 3.05) is 53.0 Å². The SMILES string of the molecule is CC(C)NC(=O)N1CC2(CN(C)CC3COCCN32)C1. The molecule has 0 aliphatic carbocycles. The van der Waals surface area contributed by atoms with E-state index in [1.54, 1.807) is 0 Å². The first-order valence-electron chi connectivity index (χ1n) is 7.59. The summed E-state index contributed by atoms with van der Waals surface area (Å²) in [6.07, 6.45) is 0. The average Bonchev–Trinajstić information content (AvgIpc) is 2.33. The van der Waals surface area contributed by atoms with Crippen molar-refractivity contribution >= 4 is 6.03 Å². The summed E-state index contributed by atoms with van der Waals surface area (Å²) in [6, 6.07) is 0.755. The number of likely N-dealkylation sites (tertiary alicyclic amines) is 1. The fourth-order valence-corrected chi connectivity index (χ4v) is 3.88. The van der Waals surface area contributed by atoms with E-state index in [-0.39, 0.29) is 17.6 Å². The number of nitrogens with one attached hydrogen (secondary N) is 1. The maximum atomic E-state index is 12.1. The second-order valence-electron chi connectivity index (χ2n) is 6.80. The van der Waals surface area contributed by atoms with E-state index in [1.165, 1.54) is 0 Å². The molecule has 1 atom stereocenters. The highest BCUT2D eigenvalue weighted by atomic mass is 16.5. The molecule has 0 aromatic heterocycles. The Morgan fingerprint density at radius 1 is 1.35 bits per heavy atom. The Morgan fingerprint density at radius 2 is 2.10 bits per heavy atom. The molecule has 3 aliphatic heterocycles. The van der Waals surface area contributed by atoms with Crippen LogP contribution in [0.4, 0.5) is 4.79 Å². The molecule has 3 rings (SSSR count). The third kappa shape index (κ3) is 2.40. The van der Waals surface area contributed by atoms with E-state index in [0.29, 0.717) is 6.04 Å². The molecule has 20 heavy (non-hydrogen) atoms. The zero-order chi connectivity index (χ0) is 14.3. The number of hydrogen-bond acceptors (Lipinski definition) is 4. The topological polar surface area (TPSA) is 48.1 Å². The van der Waals surface area contributed by atoms with Gasteiger partial charge >= 0.3 is 6.03 Å². The van der Waals surface area contributed by atoms with Crippen LogP contribution in [0.1, 0.15) is 13.8 Å². The zero-order valence-electron chi connectivity index (χ0n) is 12.8. The second-order valence-corrected chi connectivity index (χ2v) is 6.80. The van der Waals surface area contributed by atoms with Gasteiger partial charge in [-0.2, -0.15) is 0 Å². The van der Waals surface area contributed by atoms with Crippen molar-refractivity contribution in [3.8, 4) is 0 Å². The van der Waals surface area contributed by atoms with Crippen LogP contribution in [-0.4, -0.2) is 91.3 Å². The van der Waals surface area contributed by atoms with Crippen molar-refractivity contribution in [3.05, 3.63) is 0 Å². The Kier molecular flexibility index (Phi) is 3.64. The van der Waals surface area contributed by atoms with Crippen LogP contribution in [0.5, 0.6) is 0 Å². The molecule has 0 aromatic carbocycles. The summed E-state index contributed by atoms with van der Waals surface area (Å²) in [6.45, 7) is 10.4. The number of hydrogen-bond donors (Lipinski definition) is 1. The predicted molar refractivity (Wildman–Crippen MR) is 76.8 cm³/mol. The molecule has 3 saturated heterocycles. The fourth-order valence-electron chi connectivity index (χ4n) is 3.88. The summed E-state index contributed by atoms with van der Waals surface area (Å²) in [5, 5.41) is 2.98. The lowest BCUT2D eigenvalue weighted by atomic mass is 9.83. The van der Waals surface area contributed by atoms with Crippen molar-refractivity contribution < 1.29 is 9.53 Å². The maximum Gasteiger partial charge on any atom is 0.317 e. The summed E-state index contributed by atoms with van der Waals surface area (Å²) < 4.78 is 5.61. The molecule has 6 heteroatoms. The number of carbonyl (C=O) groups excluding carboxylic acids is 1. The molecule has 1 unspecified atom stereocenters. The van der Waals surface area contributed by atoms with Gasteiger partial charge < -0.3 is 19.9 Å². The van der Waals surface area contributed by atoms with Gasteiger partial charge in [0.2, 0.25) is 0 Å². The summed E-state index contributed by atoms with van der Waals surface area (Å²) in [4.78, 5) is 19.0. The number of morpholine rings is 1. The number of rotatable bonds is 1. The summed E-state index contributed by atoms with van der Waals surface area (Å²) in [5.41, 5.74) is 0.149. The fraction of sp³-hybridized carbons (Fsp3) is 0.929. The number of piperazine rings is 1. The van der Waals surface area contributed by atoms with E-state index in [1.807, 2.05) is 18.7 Å². The van der Waals surface area contributed by atoms with Gasteiger partial charge in [-0.3, -0.25) is 4.90 Å². The van der Waals surface area contributed by atoms with Gasteiger partial charge in [-0.25, -0.2) is 4.79 Å². The van der Waals surface area contributed by atoms with Gasteiger partial charge in [0.1, 0.15) is 0 Å². The largest absolute Gasteiger partial charge is 0.378 e. The van der Waals surface area contributed by atoms with Crippen molar-refractivity contribution in [1.29, 1.82) is 0 Å². The first-order chi connectivity index (χ1) is 9.50. The maximum absolute atomic E-state index is 12.1. The molecule has 0 saturated carbocycles. The average molecular weight is 282 g/mol. The Labute approximate surface area is 121 Å². The van der Waals surface area contributed by atoms with E-state index < -0.39 is 0 Å². The smallest absolute Gasteiger partial charge is 0.317 e. The summed E-state index contributed by atoms with van der Waals surface area (Å²) >= 11 is 0. The van der Waals surface area contributed by atoms with E-state index in [9.17, 15) is 4.79 Å². The van der Waals surface area contributed by atoms with Crippen molar-refractivity contribution in [2.45, 2.75) is 31.5 Å². The molecule has 0 aromatic rings. The molecule has 1 N–H and O–H groups in total. The minimum Gasteiger partial charge on any atom is -0.378 e. The van der Waals surface area contributed by atoms with Gasteiger partial charge in [-0.05, 0) is 20.9 Å². The number of urea groups is 1. The molecule has 3 heterocycles. The monoisotopic (exact) mass is 282 g/mol. The third-order valence-electron chi connectivity index (χ3n) is 4.59. The van der Waals surface area contributed by atoms with Gasteiger partial charge in [-0.15, -0.1) is 0 Å². The molecule has 6 nitrogen and oxygen atoms in total. The summed E-state index contributed by atoms with van der Waals surface area (Å²) in [5.74, 6) is 0. The molecule has 2 amide bonds. The predicted octanol–water partition coefficient (Wildman–Crippen LogP) is -0.195. The Bertz CT molecular complexity index is 381. The lowest BCUT2D eigenvalue weighted by Crippen LogP contribution is -2.81. The highest BCUT2D eigenvalue weighted by Gasteiger charge is 2.54. The van der Waals surface area contributed by atoms with Crippen LogP contribution in [-0.2, 0) is 4.74 Å². The number of amides is 2. The van der Waals surface area contributed by atoms with Crippen molar-refractivity contribution in [2.24, 2.45) is 0 Å². The highest BCUT2D eigenvalue weighted by Crippen LogP contribution is 2.35. The lowest BCUT2D eigenvalue weighted by molar-refractivity contribution is -0.151. The van der Waals surface area contributed by atoms with Gasteiger partial charge in [0.05, 0.1) is 18.8 Å². The minimum atomic E-state index is 0.0728. The Morgan fingerprint density at radius 3 is 2.80 bits per heavy atom. The van der Waals surface area contributed by atoms with Crippen molar-refractivity contribution in [1.82, 2.24) is 20.0 Å². The molecular weight excluding hydrogens is 256 g/mol. The van der Waals surface area contributed by atoms with Gasteiger partial charge in [-0.1, -0.05) is 0 Å². The molecule has 114 valence electrons. The van der Waals surface area contributed by atoms with Crippen LogP contribution in [0.25, 0.3) is 0 Å². The quantitative estimate of drug-likeness (QED) is 0.724. The van der Waals surface area contributed by atoms with E-state index in [4.69, 9.17) is 4.74 Å². The Balaban J connectivity index is 1.65. The van der Waals surface area contributed by atoms with Crippen LogP contribution >= 0.6 is 0 Å². The molecule has 1 spiro atoms.